The van der Waals surface area contributed by atoms with E-state index < -0.39 is 0 Å². The highest BCUT2D eigenvalue weighted by molar-refractivity contribution is 7.19. The molecule has 0 radical (unpaired) electrons. The molecule has 0 saturated heterocycles. The summed E-state index contributed by atoms with van der Waals surface area (Å²) in [6, 6.07) is 20.5. The van der Waals surface area contributed by atoms with Crippen molar-refractivity contribution in [2.24, 2.45) is 23.7 Å². The average Bonchev–Trinajstić information content (AvgIpc) is 3.21. The lowest BCUT2D eigenvalue weighted by molar-refractivity contribution is -0.0572. The van der Waals surface area contributed by atoms with Gasteiger partial charge in [0.05, 0.1) is 5.54 Å². The van der Waals surface area contributed by atoms with Gasteiger partial charge in [0.15, 0.2) is 0 Å². The first kappa shape index (κ1) is 15.2. The van der Waals surface area contributed by atoms with Crippen LogP contribution in [0.3, 0.4) is 0 Å². The summed E-state index contributed by atoms with van der Waals surface area (Å²) >= 11 is 2.12. The third-order valence-corrected chi connectivity index (χ3v) is 9.63. The van der Waals surface area contributed by atoms with Gasteiger partial charge in [-0.25, -0.2) is 0 Å². The van der Waals surface area contributed by atoms with Crippen molar-refractivity contribution < 1.29 is 0 Å². The van der Waals surface area contributed by atoms with Gasteiger partial charge in [-0.3, -0.25) is 0 Å². The summed E-state index contributed by atoms with van der Waals surface area (Å²) in [5.74, 6) is 3.72. The highest BCUT2D eigenvalue weighted by Crippen LogP contribution is 2.68. The van der Waals surface area contributed by atoms with Crippen LogP contribution in [0.4, 0.5) is 5.69 Å². The summed E-state index contributed by atoms with van der Waals surface area (Å²) < 4.78 is 1.50. The molecular weight excluding hydrogens is 346 g/mol. The summed E-state index contributed by atoms with van der Waals surface area (Å²) in [7, 11) is 0. The number of anilines is 1. The number of rotatable bonds is 1. The number of thiophene rings is 1. The Labute approximate surface area is 165 Å². The van der Waals surface area contributed by atoms with E-state index in [4.69, 9.17) is 0 Å². The summed E-state index contributed by atoms with van der Waals surface area (Å²) in [5, 5.41) is 1.52. The molecule has 4 saturated carbocycles. The molecule has 0 atom stereocenters. The van der Waals surface area contributed by atoms with E-state index in [1.165, 1.54) is 47.9 Å². The van der Waals surface area contributed by atoms with Crippen LogP contribution in [0.2, 0.25) is 0 Å². The monoisotopic (exact) mass is 371 g/mol. The third-order valence-electron chi connectivity index (χ3n) is 8.28. The second-order valence-corrected chi connectivity index (χ2v) is 10.5. The van der Waals surface area contributed by atoms with Gasteiger partial charge in [0, 0.05) is 21.8 Å². The van der Waals surface area contributed by atoms with E-state index in [1.54, 1.807) is 10.4 Å². The summed E-state index contributed by atoms with van der Waals surface area (Å²) in [5.41, 5.74) is 3.36. The van der Waals surface area contributed by atoms with E-state index in [0.29, 0.717) is 0 Å². The third kappa shape index (κ3) is 1.81. The van der Waals surface area contributed by atoms with Crippen LogP contribution in [0, 0.1) is 23.7 Å². The van der Waals surface area contributed by atoms with Gasteiger partial charge in [0.2, 0.25) is 0 Å². The van der Waals surface area contributed by atoms with E-state index >= 15 is 0 Å². The molecule has 0 unspecified atom stereocenters. The summed E-state index contributed by atoms with van der Waals surface area (Å²) in [6.45, 7) is 1.10. The lowest BCUT2D eigenvalue weighted by atomic mass is 9.48. The van der Waals surface area contributed by atoms with Crippen molar-refractivity contribution in [1.29, 1.82) is 0 Å². The molecule has 1 spiro atoms. The molecule has 3 aromatic rings. The molecule has 4 aliphatic carbocycles. The molecule has 27 heavy (non-hydrogen) atoms. The van der Waals surface area contributed by atoms with Crippen LogP contribution in [0.25, 0.3) is 10.1 Å². The van der Waals surface area contributed by atoms with Crippen LogP contribution in [-0.2, 0) is 12.1 Å². The quantitative estimate of drug-likeness (QED) is 0.467. The van der Waals surface area contributed by atoms with Crippen LogP contribution in [0.15, 0.2) is 54.6 Å². The number of nitrogens with zero attached hydrogens (tertiary/aromatic N) is 1. The van der Waals surface area contributed by atoms with E-state index in [9.17, 15) is 0 Å². The van der Waals surface area contributed by atoms with Gasteiger partial charge in [0.25, 0.3) is 0 Å². The molecule has 0 amide bonds. The maximum Gasteiger partial charge on any atom is 0.0809 e. The molecule has 2 aromatic carbocycles. The Balaban J connectivity index is 1.50. The van der Waals surface area contributed by atoms with Crippen molar-refractivity contribution in [2.75, 3.05) is 4.90 Å². The molecule has 1 aliphatic heterocycles. The predicted molar refractivity (Wildman–Crippen MR) is 113 cm³/mol. The topological polar surface area (TPSA) is 3.24 Å². The minimum Gasteiger partial charge on any atom is -0.356 e. The molecule has 1 nitrogen and oxygen atoms in total. The zero-order valence-corrected chi connectivity index (χ0v) is 16.4. The SMILES string of the molecule is c1ccc(N2Cc3c(sc4ccccc34)C23C2CC4CC(C2)CC3C4)cc1. The van der Waals surface area contributed by atoms with Gasteiger partial charge in [-0.15, -0.1) is 11.3 Å². The van der Waals surface area contributed by atoms with Gasteiger partial charge >= 0.3 is 0 Å². The van der Waals surface area contributed by atoms with E-state index in [-0.39, 0.29) is 5.54 Å². The highest BCUT2D eigenvalue weighted by Gasteiger charge is 2.63. The highest BCUT2D eigenvalue weighted by atomic mass is 32.1. The fourth-order valence-corrected chi connectivity index (χ4v) is 9.19. The lowest BCUT2D eigenvalue weighted by Crippen LogP contribution is -2.61. The van der Waals surface area contributed by atoms with Crippen LogP contribution >= 0.6 is 11.3 Å². The number of hydrogen-bond acceptors (Lipinski definition) is 2. The minimum atomic E-state index is 0.272. The number of fused-ring (bicyclic) bond motifs is 3. The van der Waals surface area contributed by atoms with E-state index in [2.05, 4.69) is 70.8 Å². The molecule has 2 heterocycles. The van der Waals surface area contributed by atoms with Crippen molar-refractivity contribution in [2.45, 2.75) is 44.2 Å². The van der Waals surface area contributed by atoms with Crippen molar-refractivity contribution in [1.82, 2.24) is 0 Å². The molecular formula is C25H25NS. The Morgan fingerprint density at radius 2 is 1.44 bits per heavy atom. The maximum absolute atomic E-state index is 2.85. The molecule has 1 aromatic heterocycles. The van der Waals surface area contributed by atoms with Gasteiger partial charge in [-0.05, 0) is 84.9 Å². The van der Waals surface area contributed by atoms with Crippen LogP contribution in [-0.4, -0.2) is 0 Å². The second kappa shape index (κ2) is 5.17. The van der Waals surface area contributed by atoms with E-state index in [1.807, 2.05) is 0 Å². The Morgan fingerprint density at radius 3 is 2.19 bits per heavy atom. The summed E-state index contributed by atoms with van der Waals surface area (Å²) in [4.78, 5) is 4.59. The van der Waals surface area contributed by atoms with Crippen LogP contribution in [0.5, 0.6) is 0 Å². The molecule has 0 N–H and O–H groups in total. The smallest absolute Gasteiger partial charge is 0.0809 e. The lowest BCUT2D eigenvalue weighted by Gasteiger charge is -2.63. The number of para-hydroxylation sites is 1. The van der Waals surface area contributed by atoms with Crippen molar-refractivity contribution in [3.8, 4) is 0 Å². The molecule has 136 valence electrons. The Morgan fingerprint density at radius 1 is 0.778 bits per heavy atom. The van der Waals surface area contributed by atoms with Gasteiger partial charge in [-0.2, -0.15) is 0 Å². The molecule has 4 bridgehead atoms. The fraction of sp³-hybridized carbons (Fsp3) is 0.440. The van der Waals surface area contributed by atoms with Gasteiger partial charge in [-0.1, -0.05) is 36.4 Å². The normalized spacial score (nSPS) is 36.1. The Kier molecular flexibility index (Phi) is 2.90. The summed E-state index contributed by atoms with van der Waals surface area (Å²) in [6.07, 6.45) is 7.37. The Bertz CT molecular complexity index is 1000. The zero-order valence-electron chi connectivity index (χ0n) is 15.6. The largest absolute Gasteiger partial charge is 0.356 e. The number of benzene rings is 2. The minimum absolute atomic E-state index is 0.272. The number of hydrogen-bond donors (Lipinski definition) is 0. The molecule has 2 heteroatoms. The van der Waals surface area contributed by atoms with Gasteiger partial charge in [0.1, 0.15) is 0 Å². The second-order valence-electron chi connectivity index (χ2n) is 9.46. The van der Waals surface area contributed by atoms with E-state index in [0.717, 1.165) is 30.2 Å². The van der Waals surface area contributed by atoms with Crippen molar-refractivity contribution >= 4 is 27.1 Å². The van der Waals surface area contributed by atoms with Crippen LogP contribution < -0.4 is 4.90 Å². The van der Waals surface area contributed by atoms with Crippen molar-refractivity contribution in [3.63, 3.8) is 0 Å². The van der Waals surface area contributed by atoms with Crippen LogP contribution in [0.1, 0.15) is 42.5 Å². The molecule has 8 rings (SSSR count). The first-order valence-electron chi connectivity index (χ1n) is 10.7. The average molecular weight is 372 g/mol. The first-order chi connectivity index (χ1) is 13.3. The predicted octanol–water partition coefficient (Wildman–Crippen LogP) is 6.57. The fourth-order valence-electron chi connectivity index (χ4n) is 7.62. The molecule has 5 aliphatic rings. The zero-order chi connectivity index (χ0) is 17.6. The molecule has 4 fully saturated rings. The first-order valence-corrected chi connectivity index (χ1v) is 11.5. The maximum atomic E-state index is 2.85. The Hall–Kier alpha value is -1.80. The van der Waals surface area contributed by atoms with Crippen molar-refractivity contribution in [3.05, 3.63) is 65.0 Å². The standard InChI is InChI=1S/C25H25NS/c1-2-6-20(7-3-1)26-15-22-21-8-4-5-9-23(21)27-24(22)25(26)18-11-16-10-17(13-18)14-19(25)12-16/h1-9,16-19H,10-15H2. The van der Waals surface area contributed by atoms with Gasteiger partial charge < -0.3 is 4.90 Å².